The first-order valence-corrected chi connectivity index (χ1v) is 6.70. The molecule has 0 saturated heterocycles. The molecule has 0 aliphatic carbocycles. The van der Waals surface area contributed by atoms with E-state index in [1.165, 1.54) is 4.90 Å². The summed E-state index contributed by atoms with van der Waals surface area (Å²) in [6.45, 7) is 5.30. The molecule has 0 fully saturated rings. The Kier molecular flexibility index (Phi) is 4.34. The van der Waals surface area contributed by atoms with Crippen LogP contribution in [0.4, 0.5) is 0 Å². The lowest BCUT2D eigenvalue weighted by Gasteiger charge is -2.15. The zero-order chi connectivity index (χ0) is 14.7. The Morgan fingerprint density at radius 2 is 2.20 bits per heavy atom. The summed E-state index contributed by atoms with van der Waals surface area (Å²) in [5, 5.41) is 14.0. The molecule has 0 aliphatic rings. The lowest BCUT2D eigenvalue weighted by atomic mass is 10.2. The molecule has 1 amide bonds. The van der Waals surface area contributed by atoms with E-state index in [0.717, 1.165) is 17.6 Å². The third-order valence-corrected chi connectivity index (χ3v) is 3.04. The summed E-state index contributed by atoms with van der Waals surface area (Å²) in [6, 6.07) is 1.79. The van der Waals surface area contributed by atoms with Crippen LogP contribution >= 0.6 is 0 Å². The van der Waals surface area contributed by atoms with Gasteiger partial charge in [0.25, 0.3) is 5.91 Å². The molecule has 6 nitrogen and oxygen atoms in total. The van der Waals surface area contributed by atoms with Crippen molar-refractivity contribution in [2.24, 2.45) is 5.92 Å². The first kappa shape index (κ1) is 14.5. The smallest absolute Gasteiger partial charge is 0.255 e. The number of aromatic nitrogens is 3. The van der Waals surface area contributed by atoms with Gasteiger partial charge >= 0.3 is 0 Å². The third kappa shape index (κ3) is 2.96. The van der Waals surface area contributed by atoms with Gasteiger partial charge in [0.2, 0.25) is 0 Å². The fourth-order valence-electron chi connectivity index (χ4n) is 2.04. The van der Waals surface area contributed by atoms with E-state index >= 15 is 0 Å². The van der Waals surface area contributed by atoms with E-state index < -0.39 is 0 Å². The van der Waals surface area contributed by atoms with Crippen LogP contribution in [0.25, 0.3) is 11.0 Å². The van der Waals surface area contributed by atoms with Crippen molar-refractivity contribution in [3.63, 3.8) is 0 Å². The molecule has 0 aromatic carbocycles. The number of likely N-dealkylation sites (N-methyl/N-ethyl adjacent to an activating group) is 1. The van der Waals surface area contributed by atoms with Gasteiger partial charge in [0.15, 0.2) is 5.65 Å². The molecular formula is C14H20N4O2. The van der Waals surface area contributed by atoms with E-state index in [2.05, 4.69) is 23.9 Å². The second kappa shape index (κ2) is 6.00. The minimum atomic E-state index is -0.148. The fraction of sp³-hybridized carbons (Fsp3) is 0.500. The van der Waals surface area contributed by atoms with E-state index in [1.54, 1.807) is 25.5 Å². The van der Waals surface area contributed by atoms with Gasteiger partial charge in [-0.2, -0.15) is 5.10 Å². The van der Waals surface area contributed by atoms with Gasteiger partial charge in [-0.25, -0.2) is 9.67 Å². The topological polar surface area (TPSA) is 71.2 Å². The number of carbonyl (C=O) groups excluding carboxylic acids is 1. The van der Waals surface area contributed by atoms with Gasteiger partial charge in [-0.05, 0) is 12.0 Å². The number of nitrogens with zero attached hydrogens (tertiary/aromatic N) is 4. The highest BCUT2D eigenvalue weighted by Gasteiger charge is 2.14. The Balaban J connectivity index is 2.28. The zero-order valence-corrected chi connectivity index (χ0v) is 12.1. The van der Waals surface area contributed by atoms with Crippen LogP contribution in [0.15, 0.2) is 18.5 Å². The molecule has 20 heavy (non-hydrogen) atoms. The van der Waals surface area contributed by atoms with Gasteiger partial charge < -0.3 is 10.0 Å². The molecule has 0 saturated carbocycles. The van der Waals surface area contributed by atoms with Crippen LogP contribution in [0, 0.1) is 5.92 Å². The van der Waals surface area contributed by atoms with Crippen LogP contribution < -0.4 is 0 Å². The van der Waals surface area contributed by atoms with Gasteiger partial charge in [0.05, 0.1) is 18.4 Å². The van der Waals surface area contributed by atoms with Gasteiger partial charge in [0.1, 0.15) is 0 Å². The molecule has 0 atom stereocenters. The number of pyridine rings is 1. The zero-order valence-electron chi connectivity index (χ0n) is 12.1. The van der Waals surface area contributed by atoms with Gasteiger partial charge in [-0.3, -0.25) is 4.79 Å². The molecule has 6 heteroatoms. The lowest BCUT2D eigenvalue weighted by molar-refractivity contribution is 0.0766. The Morgan fingerprint density at radius 3 is 2.85 bits per heavy atom. The Labute approximate surface area is 118 Å². The summed E-state index contributed by atoms with van der Waals surface area (Å²) >= 11 is 0. The fourth-order valence-corrected chi connectivity index (χ4v) is 2.04. The Bertz CT molecular complexity index is 606. The molecule has 0 unspecified atom stereocenters. The van der Waals surface area contributed by atoms with E-state index in [1.807, 2.05) is 4.68 Å². The van der Waals surface area contributed by atoms with E-state index in [-0.39, 0.29) is 12.5 Å². The minimum Gasteiger partial charge on any atom is -0.395 e. The maximum Gasteiger partial charge on any atom is 0.255 e. The normalized spacial score (nSPS) is 11.2. The minimum absolute atomic E-state index is 0.0514. The molecule has 2 heterocycles. The highest BCUT2D eigenvalue weighted by Crippen LogP contribution is 2.15. The van der Waals surface area contributed by atoms with E-state index in [0.29, 0.717) is 18.0 Å². The van der Waals surface area contributed by atoms with Gasteiger partial charge in [-0.1, -0.05) is 13.8 Å². The van der Waals surface area contributed by atoms with Crippen LogP contribution in [0.1, 0.15) is 24.2 Å². The molecule has 0 bridgehead atoms. The highest BCUT2D eigenvalue weighted by molar-refractivity contribution is 5.96. The second-order valence-electron chi connectivity index (χ2n) is 5.31. The molecule has 2 aromatic rings. The number of rotatable bonds is 5. The van der Waals surface area contributed by atoms with Gasteiger partial charge in [0, 0.05) is 31.7 Å². The van der Waals surface area contributed by atoms with Crippen molar-refractivity contribution in [3.05, 3.63) is 24.0 Å². The number of amides is 1. The highest BCUT2D eigenvalue weighted by atomic mass is 16.3. The van der Waals surface area contributed by atoms with Crippen LogP contribution in [-0.2, 0) is 6.54 Å². The lowest BCUT2D eigenvalue weighted by Crippen LogP contribution is -2.29. The van der Waals surface area contributed by atoms with Crippen LogP contribution in [0.3, 0.4) is 0 Å². The second-order valence-corrected chi connectivity index (χ2v) is 5.31. The molecule has 108 valence electrons. The first-order valence-electron chi connectivity index (χ1n) is 6.70. The number of hydrogen-bond acceptors (Lipinski definition) is 4. The predicted octanol–water partition coefficient (Wildman–Crippen LogP) is 1.15. The van der Waals surface area contributed by atoms with Crippen LogP contribution in [0.2, 0.25) is 0 Å². The molecule has 1 N–H and O–H groups in total. The summed E-state index contributed by atoms with van der Waals surface area (Å²) in [6.07, 6.45) is 3.30. The molecule has 2 aromatic heterocycles. The summed E-state index contributed by atoms with van der Waals surface area (Å²) in [7, 11) is 1.66. The predicted molar refractivity (Wildman–Crippen MR) is 76.4 cm³/mol. The monoisotopic (exact) mass is 276 g/mol. The van der Waals surface area contributed by atoms with Crippen molar-refractivity contribution in [1.82, 2.24) is 19.7 Å². The standard InChI is InChI=1S/C14H20N4O2/c1-10(2)9-18-13-11(8-16-18)6-12(7-15-13)14(20)17(3)4-5-19/h6-8,10,19H,4-5,9H2,1-3H3. The quantitative estimate of drug-likeness (QED) is 0.889. The number of hydrogen-bond donors (Lipinski definition) is 1. The average molecular weight is 276 g/mol. The number of fused-ring (bicyclic) bond motifs is 1. The van der Waals surface area contributed by atoms with E-state index in [9.17, 15) is 4.79 Å². The summed E-state index contributed by atoms with van der Waals surface area (Å²) in [4.78, 5) is 17.9. The van der Waals surface area contributed by atoms with Crippen molar-refractivity contribution in [1.29, 1.82) is 0 Å². The van der Waals surface area contributed by atoms with Crippen molar-refractivity contribution in [2.45, 2.75) is 20.4 Å². The van der Waals surface area contributed by atoms with Crippen molar-refractivity contribution >= 4 is 16.9 Å². The van der Waals surface area contributed by atoms with Gasteiger partial charge in [-0.15, -0.1) is 0 Å². The Morgan fingerprint density at radius 1 is 1.45 bits per heavy atom. The van der Waals surface area contributed by atoms with Crippen molar-refractivity contribution in [2.75, 3.05) is 20.2 Å². The third-order valence-electron chi connectivity index (χ3n) is 3.04. The maximum absolute atomic E-state index is 12.1. The Hall–Kier alpha value is -1.95. The molecule has 0 aliphatic heterocycles. The molecule has 0 spiro atoms. The summed E-state index contributed by atoms with van der Waals surface area (Å²) in [5.74, 6) is 0.335. The number of aliphatic hydroxyl groups excluding tert-OH is 1. The van der Waals surface area contributed by atoms with Crippen LogP contribution in [-0.4, -0.2) is 50.9 Å². The number of carbonyl (C=O) groups is 1. The molecule has 2 rings (SSSR count). The maximum atomic E-state index is 12.1. The van der Waals surface area contributed by atoms with Crippen molar-refractivity contribution in [3.8, 4) is 0 Å². The number of aliphatic hydroxyl groups is 1. The molecular weight excluding hydrogens is 256 g/mol. The van der Waals surface area contributed by atoms with Crippen LogP contribution in [0.5, 0.6) is 0 Å². The average Bonchev–Trinajstić information content (AvgIpc) is 2.80. The summed E-state index contributed by atoms with van der Waals surface area (Å²) < 4.78 is 1.85. The van der Waals surface area contributed by atoms with Crippen molar-refractivity contribution < 1.29 is 9.90 Å². The SMILES string of the molecule is CC(C)Cn1ncc2cc(C(=O)N(C)CCO)cnc21. The summed E-state index contributed by atoms with van der Waals surface area (Å²) in [5.41, 5.74) is 1.30. The first-order chi connectivity index (χ1) is 9.52. The molecule has 0 radical (unpaired) electrons. The largest absolute Gasteiger partial charge is 0.395 e. The van der Waals surface area contributed by atoms with E-state index in [4.69, 9.17) is 5.11 Å².